The largest absolute Gasteiger partial charge is 0.481 e. The van der Waals surface area contributed by atoms with E-state index in [1.807, 2.05) is 5.38 Å². The van der Waals surface area contributed by atoms with Gasteiger partial charge in [-0.3, -0.25) is 4.79 Å². The molecule has 1 rings (SSSR count). The van der Waals surface area contributed by atoms with Gasteiger partial charge in [-0.1, -0.05) is 6.92 Å². The van der Waals surface area contributed by atoms with Gasteiger partial charge in [-0.25, -0.2) is 4.98 Å². The van der Waals surface area contributed by atoms with Crippen LogP contribution in [0.15, 0.2) is 5.38 Å². The third-order valence-electron chi connectivity index (χ3n) is 2.87. The average molecular weight is 288 g/mol. The Morgan fingerprint density at radius 3 is 2.83 bits per heavy atom. The summed E-state index contributed by atoms with van der Waals surface area (Å²) in [7, 11) is 0. The number of carboxylic acid groups (broad SMARTS) is 1. The summed E-state index contributed by atoms with van der Waals surface area (Å²) in [6, 6.07) is 0.381. The van der Waals surface area contributed by atoms with Crippen LogP contribution >= 0.6 is 23.1 Å². The van der Waals surface area contributed by atoms with Gasteiger partial charge in [0, 0.05) is 17.2 Å². The Morgan fingerprint density at radius 1 is 1.67 bits per heavy atom. The van der Waals surface area contributed by atoms with Crippen LogP contribution in [0.5, 0.6) is 0 Å². The molecular formula is C12H20N2O2S2. The molecule has 0 aliphatic heterocycles. The van der Waals surface area contributed by atoms with Gasteiger partial charge in [-0.2, -0.15) is 11.8 Å². The maximum absolute atomic E-state index is 11.2. The maximum atomic E-state index is 11.2. The van der Waals surface area contributed by atoms with E-state index in [2.05, 4.69) is 23.5 Å². The number of carbonyl (C=O) groups is 1. The maximum Gasteiger partial charge on any atom is 0.315 e. The monoisotopic (exact) mass is 288 g/mol. The summed E-state index contributed by atoms with van der Waals surface area (Å²) >= 11 is 3.26. The second-order valence-electron chi connectivity index (χ2n) is 4.67. The zero-order valence-corrected chi connectivity index (χ0v) is 12.8. The highest BCUT2D eigenvalue weighted by molar-refractivity contribution is 7.98. The second kappa shape index (κ2) is 6.43. The number of rotatable bonds is 7. The zero-order valence-electron chi connectivity index (χ0n) is 11.2. The summed E-state index contributed by atoms with van der Waals surface area (Å²) in [5.74, 6) is 0.170. The molecule has 1 heterocycles. The number of hydrogen-bond acceptors (Lipinski definition) is 5. The molecule has 0 saturated carbocycles. The number of thiazole rings is 1. The third kappa shape index (κ3) is 3.62. The Kier molecular flexibility index (Phi) is 5.47. The van der Waals surface area contributed by atoms with E-state index in [-0.39, 0.29) is 0 Å². The summed E-state index contributed by atoms with van der Waals surface area (Å²) in [5.41, 5.74) is -0.320. The molecule has 1 unspecified atom stereocenters. The molecule has 0 bridgehead atoms. The molecule has 4 nitrogen and oxygen atoms in total. The van der Waals surface area contributed by atoms with Crippen LogP contribution in [0.3, 0.4) is 0 Å². The van der Waals surface area contributed by atoms with Gasteiger partial charge in [0.1, 0.15) is 5.41 Å². The second-order valence-corrected chi connectivity index (χ2v) is 6.44. The van der Waals surface area contributed by atoms with Gasteiger partial charge >= 0.3 is 5.97 Å². The molecule has 2 N–H and O–H groups in total. The van der Waals surface area contributed by atoms with Gasteiger partial charge < -0.3 is 10.4 Å². The predicted molar refractivity (Wildman–Crippen MR) is 78.9 cm³/mol. The number of anilines is 1. The Bertz CT molecular complexity index is 405. The lowest BCUT2D eigenvalue weighted by atomic mass is 9.90. The molecule has 0 amide bonds. The first-order valence-corrected chi connectivity index (χ1v) is 8.14. The van der Waals surface area contributed by atoms with Gasteiger partial charge in [0.15, 0.2) is 5.13 Å². The topological polar surface area (TPSA) is 62.2 Å². The normalized spacial score (nSPS) is 13.3. The minimum absolute atomic E-state index is 0.381. The summed E-state index contributed by atoms with van der Waals surface area (Å²) in [4.78, 5) is 15.5. The lowest BCUT2D eigenvalue weighted by molar-refractivity contribution is -0.142. The number of nitrogens with one attached hydrogen (secondary N) is 1. The first kappa shape index (κ1) is 15.3. The molecule has 0 saturated heterocycles. The van der Waals surface area contributed by atoms with Crippen LogP contribution in [0, 0.1) is 0 Å². The predicted octanol–water partition coefficient (Wildman–Crippen LogP) is 3.06. The van der Waals surface area contributed by atoms with Crippen LogP contribution in [-0.2, 0) is 10.2 Å². The average Bonchev–Trinajstić information content (AvgIpc) is 2.77. The van der Waals surface area contributed by atoms with Gasteiger partial charge in [-0.15, -0.1) is 11.3 Å². The van der Waals surface area contributed by atoms with Crippen molar-refractivity contribution in [1.29, 1.82) is 0 Å². The van der Waals surface area contributed by atoms with Crippen molar-refractivity contribution in [3.05, 3.63) is 11.1 Å². The Morgan fingerprint density at radius 2 is 2.33 bits per heavy atom. The third-order valence-corrected chi connectivity index (χ3v) is 4.38. The van der Waals surface area contributed by atoms with Gasteiger partial charge in [0.05, 0.1) is 5.69 Å². The summed E-state index contributed by atoms with van der Waals surface area (Å²) < 4.78 is 0. The minimum atomic E-state index is -0.933. The van der Waals surface area contributed by atoms with E-state index < -0.39 is 11.4 Å². The zero-order chi connectivity index (χ0) is 13.8. The number of hydrogen-bond donors (Lipinski definition) is 2. The fraction of sp³-hybridized carbons (Fsp3) is 0.667. The first-order valence-electron chi connectivity index (χ1n) is 5.86. The van der Waals surface area contributed by atoms with Gasteiger partial charge in [-0.05, 0) is 26.5 Å². The van der Waals surface area contributed by atoms with E-state index >= 15 is 0 Å². The van der Waals surface area contributed by atoms with E-state index in [0.717, 1.165) is 17.3 Å². The number of carboxylic acids is 1. The van der Waals surface area contributed by atoms with E-state index in [1.54, 1.807) is 25.6 Å². The van der Waals surface area contributed by atoms with E-state index in [4.69, 9.17) is 5.11 Å². The Balaban J connectivity index is 2.77. The number of aromatic nitrogens is 1. The van der Waals surface area contributed by atoms with Crippen LogP contribution in [0.1, 0.15) is 32.9 Å². The van der Waals surface area contributed by atoms with Crippen molar-refractivity contribution < 1.29 is 9.90 Å². The molecule has 1 aromatic rings. The highest BCUT2D eigenvalue weighted by atomic mass is 32.2. The Labute approximate surface area is 116 Å². The van der Waals surface area contributed by atoms with Gasteiger partial charge in [0.25, 0.3) is 0 Å². The van der Waals surface area contributed by atoms with Crippen LogP contribution in [0.25, 0.3) is 0 Å². The van der Waals surface area contributed by atoms with Crippen molar-refractivity contribution in [2.45, 2.75) is 38.6 Å². The summed E-state index contributed by atoms with van der Waals surface area (Å²) in [6.07, 6.45) is 3.10. The smallest absolute Gasteiger partial charge is 0.315 e. The van der Waals surface area contributed by atoms with Crippen molar-refractivity contribution in [1.82, 2.24) is 4.98 Å². The molecule has 0 fully saturated rings. The highest BCUT2D eigenvalue weighted by Gasteiger charge is 2.32. The number of nitrogens with zero attached hydrogens (tertiary/aromatic N) is 1. The molecule has 6 heteroatoms. The fourth-order valence-electron chi connectivity index (χ4n) is 1.37. The summed E-state index contributed by atoms with van der Waals surface area (Å²) in [6.45, 7) is 5.48. The SMILES string of the molecule is CCC(CSC)Nc1nc(C(C)(C)C(=O)O)cs1. The summed E-state index contributed by atoms with van der Waals surface area (Å²) in [5, 5.41) is 15.1. The highest BCUT2D eigenvalue weighted by Crippen LogP contribution is 2.28. The van der Waals surface area contributed by atoms with Crippen molar-refractivity contribution >= 4 is 34.2 Å². The molecule has 0 aliphatic rings. The molecule has 0 aliphatic carbocycles. The van der Waals surface area contributed by atoms with E-state index in [9.17, 15) is 4.79 Å². The quantitative estimate of drug-likeness (QED) is 0.807. The standard InChI is InChI=1S/C12H20N2O2S2/c1-5-8(6-17-4)13-11-14-9(7-18-11)12(2,3)10(15)16/h7-8H,5-6H2,1-4H3,(H,13,14)(H,15,16). The van der Waals surface area contributed by atoms with Crippen LogP contribution in [-0.4, -0.2) is 34.1 Å². The minimum Gasteiger partial charge on any atom is -0.481 e. The molecular weight excluding hydrogens is 268 g/mol. The lowest BCUT2D eigenvalue weighted by Crippen LogP contribution is -2.29. The molecule has 0 aromatic carbocycles. The molecule has 0 radical (unpaired) electrons. The molecule has 18 heavy (non-hydrogen) atoms. The molecule has 0 spiro atoms. The van der Waals surface area contributed by atoms with Crippen molar-refractivity contribution in [3.63, 3.8) is 0 Å². The Hall–Kier alpha value is -0.750. The van der Waals surface area contributed by atoms with E-state index in [1.165, 1.54) is 11.3 Å². The van der Waals surface area contributed by atoms with Crippen molar-refractivity contribution in [3.8, 4) is 0 Å². The lowest BCUT2D eigenvalue weighted by Gasteiger charge is -2.17. The molecule has 1 aromatic heterocycles. The van der Waals surface area contributed by atoms with Crippen LogP contribution < -0.4 is 5.32 Å². The van der Waals surface area contributed by atoms with Crippen LogP contribution in [0.4, 0.5) is 5.13 Å². The van der Waals surface area contributed by atoms with Crippen molar-refractivity contribution in [2.75, 3.05) is 17.3 Å². The van der Waals surface area contributed by atoms with Crippen molar-refractivity contribution in [2.24, 2.45) is 0 Å². The van der Waals surface area contributed by atoms with Gasteiger partial charge in [0.2, 0.25) is 0 Å². The number of thioether (sulfide) groups is 1. The molecule has 102 valence electrons. The molecule has 1 atom stereocenters. The van der Waals surface area contributed by atoms with Crippen LogP contribution in [0.2, 0.25) is 0 Å². The number of aliphatic carboxylic acids is 1. The fourth-order valence-corrected chi connectivity index (χ4v) is 3.05. The van der Waals surface area contributed by atoms with E-state index in [0.29, 0.717) is 11.7 Å². The first-order chi connectivity index (χ1) is 8.41.